The predicted molar refractivity (Wildman–Crippen MR) is 126 cm³/mol. The number of aromatic nitrogens is 1. The number of para-hydroxylation sites is 1. The van der Waals surface area contributed by atoms with E-state index in [2.05, 4.69) is 15.6 Å². The molecule has 1 atom stereocenters. The first-order valence-corrected chi connectivity index (χ1v) is 11.0. The third-order valence-electron chi connectivity index (χ3n) is 5.08. The van der Waals surface area contributed by atoms with Gasteiger partial charge in [0.05, 0.1) is 23.7 Å². The molecule has 0 aliphatic carbocycles. The number of methoxy groups -OCH3 is 1. The van der Waals surface area contributed by atoms with E-state index in [1.54, 1.807) is 67.8 Å². The van der Waals surface area contributed by atoms with Crippen LogP contribution in [0.4, 0.5) is 30.2 Å². The van der Waals surface area contributed by atoms with Crippen molar-refractivity contribution in [1.82, 2.24) is 4.98 Å². The summed E-state index contributed by atoms with van der Waals surface area (Å²) in [6, 6.07) is 20.1. The minimum Gasteiger partial charge on any atom is -0.497 e. The van der Waals surface area contributed by atoms with Gasteiger partial charge in [-0.2, -0.15) is 13.2 Å². The van der Waals surface area contributed by atoms with Crippen LogP contribution in [0.5, 0.6) is 5.75 Å². The molecule has 0 bridgehead atoms. The third-order valence-corrected chi connectivity index (χ3v) is 6.27. The Labute approximate surface area is 197 Å². The van der Waals surface area contributed by atoms with Crippen molar-refractivity contribution in [2.75, 3.05) is 17.7 Å². The fourth-order valence-electron chi connectivity index (χ4n) is 3.26. The van der Waals surface area contributed by atoms with Gasteiger partial charge in [0.15, 0.2) is 0 Å². The number of anilines is 3. The highest BCUT2D eigenvalue weighted by Gasteiger charge is 2.58. The number of nitrogens with one attached hydrogen (secondary N) is 2. The molecule has 1 amide bonds. The maximum atomic E-state index is 13.8. The first kappa shape index (κ1) is 23.5. The second kappa shape index (κ2) is 9.32. The average molecular weight is 488 g/mol. The molecule has 3 aromatic carbocycles. The van der Waals surface area contributed by atoms with Gasteiger partial charge in [0, 0.05) is 17.1 Å². The summed E-state index contributed by atoms with van der Waals surface area (Å²) in [7, 11) is 1.57. The van der Waals surface area contributed by atoms with Crippen molar-refractivity contribution in [1.29, 1.82) is 0 Å². The lowest BCUT2D eigenvalue weighted by atomic mass is 9.99. The Bertz CT molecular complexity index is 1260. The lowest BCUT2D eigenvalue weighted by molar-refractivity contribution is -0.266. The van der Waals surface area contributed by atoms with Crippen LogP contribution in [-0.2, 0) is 10.4 Å². The van der Waals surface area contributed by atoms with Crippen LogP contribution >= 0.6 is 11.3 Å². The quantitative estimate of drug-likeness (QED) is 0.306. The molecule has 0 unspecified atom stereocenters. The molecular formula is C24H20F3N3O3S. The van der Waals surface area contributed by atoms with E-state index < -0.39 is 29.1 Å². The second-order valence-corrected chi connectivity index (χ2v) is 8.53. The SMILES string of the molecule is COc1ccc(Nc2ccc(NC(=O)C[C@](O)(c3nc4ccccc4s3)C(F)(F)F)cc2)cc1. The lowest BCUT2D eigenvalue weighted by Gasteiger charge is -2.27. The molecule has 0 saturated heterocycles. The summed E-state index contributed by atoms with van der Waals surface area (Å²) in [5.41, 5.74) is -1.27. The predicted octanol–water partition coefficient (Wildman–Crippen LogP) is 5.83. The number of thiazole rings is 1. The highest BCUT2D eigenvalue weighted by atomic mass is 32.1. The zero-order chi connectivity index (χ0) is 24.3. The Kier molecular flexibility index (Phi) is 6.45. The molecule has 4 rings (SSSR count). The number of carbonyl (C=O) groups is 1. The van der Waals surface area contributed by atoms with Crippen molar-refractivity contribution in [3.05, 3.63) is 77.8 Å². The molecule has 1 heterocycles. The molecule has 0 saturated carbocycles. The fraction of sp³-hybridized carbons (Fsp3) is 0.167. The zero-order valence-electron chi connectivity index (χ0n) is 17.9. The van der Waals surface area contributed by atoms with E-state index in [9.17, 15) is 23.1 Å². The summed E-state index contributed by atoms with van der Waals surface area (Å²) in [5, 5.41) is 15.6. The Morgan fingerprint density at radius 3 is 2.15 bits per heavy atom. The van der Waals surface area contributed by atoms with E-state index >= 15 is 0 Å². The van der Waals surface area contributed by atoms with Crippen LogP contribution in [0.15, 0.2) is 72.8 Å². The zero-order valence-corrected chi connectivity index (χ0v) is 18.7. The van der Waals surface area contributed by atoms with Crippen LogP contribution in [0.3, 0.4) is 0 Å². The van der Waals surface area contributed by atoms with Gasteiger partial charge in [-0.25, -0.2) is 4.98 Å². The van der Waals surface area contributed by atoms with Crippen molar-refractivity contribution < 1.29 is 27.8 Å². The van der Waals surface area contributed by atoms with Gasteiger partial charge in [0.25, 0.3) is 0 Å². The lowest BCUT2D eigenvalue weighted by Crippen LogP contribution is -2.45. The van der Waals surface area contributed by atoms with E-state index in [4.69, 9.17) is 4.74 Å². The van der Waals surface area contributed by atoms with E-state index in [1.165, 1.54) is 0 Å². The summed E-state index contributed by atoms with van der Waals surface area (Å²) in [6.07, 6.45) is -6.31. The molecule has 0 aliphatic rings. The number of fused-ring (bicyclic) bond motifs is 1. The van der Waals surface area contributed by atoms with Crippen LogP contribution in [0.1, 0.15) is 11.4 Å². The molecule has 0 spiro atoms. The van der Waals surface area contributed by atoms with Gasteiger partial charge in [0.2, 0.25) is 11.5 Å². The van der Waals surface area contributed by atoms with Crippen molar-refractivity contribution in [3.8, 4) is 5.75 Å². The smallest absolute Gasteiger partial charge is 0.424 e. The molecule has 4 aromatic rings. The molecule has 0 radical (unpaired) electrons. The summed E-state index contributed by atoms with van der Waals surface area (Å²) in [6.45, 7) is 0. The summed E-state index contributed by atoms with van der Waals surface area (Å²) in [5.74, 6) is -0.275. The standard InChI is InChI=1S/C24H20F3N3O3S/c1-33-18-12-10-16(11-13-18)28-15-6-8-17(9-7-15)29-21(31)14-23(32,24(25,26)27)22-30-19-4-2-3-5-20(19)34-22/h2-13,28,32H,14H2,1H3,(H,29,31)/t23-/m0/s1. The van der Waals surface area contributed by atoms with Gasteiger partial charge in [-0.05, 0) is 60.7 Å². The molecule has 6 nitrogen and oxygen atoms in total. The van der Waals surface area contributed by atoms with Crippen molar-refractivity contribution in [2.45, 2.75) is 18.2 Å². The fourth-order valence-corrected chi connectivity index (χ4v) is 4.34. The minimum absolute atomic E-state index is 0.291. The number of halogens is 3. The minimum atomic E-state index is -5.09. The Morgan fingerprint density at radius 2 is 1.56 bits per heavy atom. The van der Waals surface area contributed by atoms with Crippen molar-refractivity contribution in [2.24, 2.45) is 0 Å². The largest absolute Gasteiger partial charge is 0.497 e. The molecule has 10 heteroatoms. The van der Waals surface area contributed by atoms with Crippen LogP contribution in [0, 0.1) is 0 Å². The van der Waals surface area contributed by atoms with Crippen LogP contribution < -0.4 is 15.4 Å². The van der Waals surface area contributed by atoms with E-state index in [0.717, 1.165) is 5.69 Å². The number of amides is 1. The molecule has 3 N–H and O–H groups in total. The molecular weight excluding hydrogens is 467 g/mol. The Balaban J connectivity index is 1.46. The molecule has 0 aliphatic heterocycles. The normalized spacial score (nSPS) is 13.3. The second-order valence-electron chi connectivity index (χ2n) is 7.50. The summed E-state index contributed by atoms with van der Waals surface area (Å²) >= 11 is 0.707. The third kappa shape index (κ3) is 4.97. The summed E-state index contributed by atoms with van der Waals surface area (Å²) in [4.78, 5) is 16.4. The van der Waals surface area contributed by atoms with E-state index in [0.29, 0.717) is 38.7 Å². The average Bonchev–Trinajstić information content (AvgIpc) is 3.25. The number of hydrogen-bond acceptors (Lipinski definition) is 6. The van der Waals surface area contributed by atoms with Crippen LogP contribution in [-0.4, -0.2) is 29.3 Å². The van der Waals surface area contributed by atoms with Gasteiger partial charge >= 0.3 is 6.18 Å². The number of alkyl halides is 3. The molecule has 1 aromatic heterocycles. The number of benzene rings is 3. The topological polar surface area (TPSA) is 83.5 Å². The maximum Gasteiger partial charge on any atom is 0.424 e. The number of carbonyl (C=O) groups excluding carboxylic acids is 1. The van der Waals surface area contributed by atoms with Crippen molar-refractivity contribution >= 4 is 44.5 Å². The van der Waals surface area contributed by atoms with Crippen LogP contribution in [0.2, 0.25) is 0 Å². The van der Waals surface area contributed by atoms with Gasteiger partial charge in [0.1, 0.15) is 10.8 Å². The number of aliphatic hydroxyl groups is 1. The number of nitrogens with zero attached hydrogens (tertiary/aromatic N) is 1. The van der Waals surface area contributed by atoms with Gasteiger partial charge < -0.3 is 20.5 Å². The van der Waals surface area contributed by atoms with Crippen molar-refractivity contribution in [3.63, 3.8) is 0 Å². The highest BCUT2D eigenvalue weighted by Crippen LogP contribution is 2.44. The Hall–Kier alpha value is -3.63. The molecule has 176 valence electrons. The van der Waals surface area contributed by atoms with Gasteiger partial charge in [-0.15, -0.1) is 11.3 Å². The summed E-state index contributed by atoms with van der Waals surface area (Å²) < 4.78 is 47.1. The van der Waals surface area contributed by atoms with Crippen LogP contribution in [0.25, 0.3) is 10.2 Å². The van der Waals surface area contributed by atoms with Gasteiger partial charge in [-0.1, -0.05) is 12.1 Å². The van der Waals surface area contributed by atoms with E-state index in [-0.39, 0.29) is 0 Å². The molecule has 0 fully saturated rings. The monoisotopic (exact) mass is 487 g/mol. The maximum absolute atomic E-state index is 13.8. The Morgan fingerprint density at radius 1 is 0.971 bits per heavy atom. The van der Waals surface area contributed by atoms with E-state index in [1.807, 2.05) is 12.1 Å². The first-order valence-electron chi connectivity index (χ1n) is 10.1. The number of ether oxygens (including phenoxy) is 1. The van der Waals surface area contributed by atoms with Gasteiger partial charge in [-0.3, -0.25) is 4.79 Å². The number of hydrogen-bond donors (Lipinski definition) is 3. The number of rotatable bonds is 7. The highest BCUT2D eigenvalue weighted by molar-refractivity contribution is 7.18. The molecule has 34 heavy (non-hydrogen) atoms. The first-order chi connectivity index (χ1) is 16.2.